The lowest BCUT2D eigenvalue weighted by molar-refractivity contribution is -0.384. The molecule has 1 aliphatic heterocycles. The fourth-order valence-corrected chi connectivity index (χ4v) is 6.88. The van der Waals surface area contributed by atoms with Crippen molar-refractivity contribution in [1.29, 1.82) is 5.26 Å². The Balaban J connectivity index is 2.04. The highest BCUT2D eigenvalue weighted by molar-refractivity contribution is 9.10. The molecule has 1 unspecified atom stereocenters. The van der Waals surface area contributed by atoms with Crippen LogP contribution < -0.4 is 15.4 Å². The van der Waals surface area contributed by atoms with Gasteiger partial charge in [-0.05, 0) is 52.4 Å². The van der Waals surface area contributed by atoms with Crippen molar-refractivity contribution >= 4 is 44.4 Å². The minimum atomic E-state index is -0.617. The summed E-state index contributed by atoms with van der Waals surface area (Å²) < 4.78 is 6.11. The molecule has 1 aromatic carbocycles. The van der Waals surface area contributed by atoms with Crippen LogP contribution in [0, 0.1) is 26.9 Å². The van der Waals surface area contributed by atoms with E-state index in [-0.39, 0.29) is 34.0 Å². The van der Waals surface area contributed by atoms with Crippen molar-refractivity contribution in [2.75, 3.05) is 12.0 Å². The van der Waals surface area contributed by atoms with E-state index in [1.807, 2.05) is 26.8 Å². The van der Waals surface area contributed by atoms with E-state index >= 15 is 0 Å². The molecule has 2 aromatic rings. The second kappa shape index (κ2) is 9.13. The average molecular weight is 557 g/mol. The van der Waals surface area contributed by atoms with E-state index < -0.39 is 10.8 Å². The second-order valence-corrected chi connectivity index (χ2v) is 11.4. The van der Waals surface area contributed by atoms with Crippen LogP contribution in [0.15, 0.2) is 51.4 Å². The van der Waals surface area contributed by atoms with Crippen LogP contribution in [0.5, 0.6) is 5.75 Å². The summed E-state index contributed by atoms with van der Waals surface area (Å²) in [5.74, 6) is -0.278. The SMILES string of the molecule is CCc1sc(C2C(C#N)=C(N)N(c3ccc(OC)cc3[N+](=O)[O-])C3=C2C(=O)CC(C)(C)C3)cc1Br. The Morgan fingerprint density at radius 3 is 2.66 bits per heavy atom. The lowest BCUT2D eigenvalue weighted by Gasteiger charge is -2.43. The molecule has 0 saturated carbocycles. The summed E-state index contributed by atoms with van der Waals surface area (Å²) in [6.45, 7) is 6.02. The molecule has 182 valence electrons. The molecule has 0 radical (unpaired) electrons. The first-order valence-electron chi connectivity index (χ1n) is 11.1. The largest absolute Gasteiger partial charge is 0.496 e. The number of benzene rings is 1. The highest BCUT2D eigenvalue weighted by Gasteiger charge is 2.46. The minimum Gasteiger partial charge on any atom is -0.496 e. The maximum atomic E-state index is 13.6. The normalized spacial score (nSPS) is 19.5. The Hall–Kier alpha value is -3.16. The van der Waals surface area contributed by atoms with Crippen LogP contribution in [0.25, 0.3) is 0 Å². The highest BCUT2D eigenvalue weighted by Crippen LogP contribution is 2.53. The number of nitro benzene ring substituents is 1. The first-order valence-corrected chi connectivity index (χ1v) is 12.7. The van der Waals surface area contributed by atoms with Crippen LogP contribution in [0.3, 0.4) is 0 Å². The Kier molecular flexibility index (Phi) is 6.51. The highest BCUT2D eigenvalue weighted by atomic mass is 79.9. The number of nitro groups is 1. The van der Waals surface area contributed by atoms with E-state index in [1.54, 1.807) is 12.1 Å². The zero-order chi connectivity index (χ0) is 25.7. The van der Waals surface area contributed by atoms with Crippen molar-refractivity contribution in [3.05, 3.63) is 71.3 Å². The van der Waals surface area contributed by atoms with E-state index in [2.05, 4.69) is 22.0 Å². The fourth-order valence-electron chi connectivity index (χ4n) is 4.84. The number of methoxy groups -OCH3 is 1. The number of hydrogen-bond donors (Lipinski definition) is 1. The number of thiophene rings is 1. The molecular weight excluding hydrogens is 532 g/mol. The van der Waals surface area contributed by atoms with Crippen LogP contribution in [-0.4, -0.2) is 17.8 Å². The topological polar surface area (TPSA) is 122 Å². The van der Waals surface area contributed by atoms with E-state index in [0.717, 1.165) is 20.6 Å². The van der Waals surface area contributed by atoms with Gasteiger partial charge in [0, 0.05) is 31.9 Å². The molecule has 0 saturated heterocycles. The summed E-state index contributed by atoms with van der Waals surface area (Å²) in [6, 6.07) is 8.64. The molecule has 10 heteroatoms. The van der Waals surface area contributed by atoms with Crippen molar-refractivity contribution < 1.29 is 14.5 Å². The average Bonchev–Trinajstić information content (AvgIpc) is 3.17. The lowest BCUT2D eigenvalue weighted by Crippen LogP contribution is -2.42. The minimum absolute atomic E-state index is 0.0785. The molecule has 35 heavy (non-hydrogen) atoms. The van der Waals surface area contributed by atoms with E-state index in [4.69, 9.17) is 10.5 Å². The van der Waals surface area contributed by atoms with Crippen LogP contribution in [0.2, 0.25) is 0 Å². The molecular formula is C25H25BrN4O4S. The van der Waals surface area contributed by atoms with E-state index in [0.29, 0.717) is 29.9 Å². The van der Waals surface area contributed by atoms with Gasteiger partial charge in [-0.1, -0.05) is 20.8 Å². The maximum absolute atomic E-state index is 13.6. The number of allylic oxidation sites excluding steroid dienone is 3. The fraction of sp³-hybridized carbons (Fsp3) is 0.360. The summed E-state index contributed by atoms with van der Waals surface area (Å²) >= 11 is 5.13. The number of ether oxygens (including phenoxy) is 1. The predicted octanol–water partition coefficient (Wildman–Crippen LogP) is 5.93. The number of nitriles is 1. The monoisotopic (exact) mass is 556 g/mol. The molecule has 1 atom stereocenters. The third-order valence-corrected chi connectivity index (χ3v) is 8.70. The molecule has 0 amide bonds. The number of anilines is 1. The molecule has 0 fully saturated rings. The van der Waals surface area contributed by atoms with Gasteiger partial charge in [-0.3, -0.25) is 19.8 Å². The van der Waals surface area contributed by atoms with Crippen molar-refractivity contribution in [2.24, 2.45) is 11.1 Å². The summed E-state index contributed by atoms with van der Waals surface area (Å²) in [5.41, 5.74) is 7.51. The summed E-state index contributed by atoms with van der Waals surface area (Å²) in [6.07, 6.45) is 1.59. The number of hydrogen-bond acceptors (Lipinski definition) is 8. The van der Waals surface area contributed by atoms with Gasteiger partial charge in [-0.25, -0.2) is 0 Å². The summed E-state index contributed by atoms with van der Waals surface area (Å²) in [4.78, 5) is 28.6. The number of rotatable bonds is 5. The Bertz CT molecular complexity index is 1350. The van der Waals surface area contributed by atoms with E-state index in [1.165, 1.54) is 29.4 Å². The number of halogens is 1. The number of carbonyl (C=O) groups is 1. The van der Waals surface area contributed by atoms with Gasteiger partial charge in [-0.15, -0.1) is 11.3 Å². The van der Waals surface area contributed by atoms with Gasteiger partial charge < -0.3 is 10.5 Å². The van der Waals surface area contributed by atoms with Gasteiger partial charge in [-0.2, -0.15) is 5.26 Å². The van der Waals surface area contributed by atoms with Crippen molar-refractivity contribution in [3.63, 3.8) is 0 Å². The lowest BCUT2D eigenvalue weighted by atomic mass is 9.69. The van der Waals surface area contributed by atoms with Gasteiger partial charge in [0.1, 0.15) is 17.3 Å². The zero-order valence-corrected chi connectivity index (χ0v) is 22.2. The van der Waals surface area contributed by atoms with Crippen LogP contribution >= 0.6 is 27.3 Å². The molecule has 1 aliphatic carbocycles. The zero-order valence-electron chi connectivity index (χ0n) is 19.8. The van der Waals surface area contributed by atoms with Crippen LogP contribution in [-0.2, 0) is 11.2 Å². The van der Waals surface area contributed by atoms with Gasteiger partial charge in [0.25, 0.3) is 5.69 Å². The number of nitrogens with zero attached hydrogens (tertiary/aromatic N) is 3. The number of ketones is 1. The predicted molar refractivity (Wildman–Crippen MR) is 138 cm³/mol. The number of nitrogens with two attached hydrogens (primary N) is 1. The summed E-state index contributed by atoms with van der Waals surface area (Å²) in [7, 11) is 1.43. The molecule has 8 nitrogen and oxygen atoms in total. The van der Waals surface area contributed by atoms with Gasteiger partial charge >= 0.3 is 0 Å². The third-order valence-electron chi connectivity index (χ3n) is 6.38. The first kappa shape index (κ1) is 24.9. The molecule has 0 bridgehead atoms. The summed E-state index contributed by atoms with van der Waals surface area (Å²) in [5, 5.41) is 22.2. The quantitative estimate of drug-likeness (QED) is 0.357. The maximum Gasteiger partial charge on any atom is 0.296 e. The molecule has 2 aliphatic rings. The second-order valence-electron chi connectivity index (χ2n) is 9.37. The standard InChI is InChI=1S/C25H25BrN4O4S/c1-5-20-15(26)9-21(35-20)22-14(12-27)24(28)29(18-10-25(2,3)11-19(31)23(18)22)16-7-6-13(34-4)8-17(16)30(32)33/h6-9,22H,5,10-11,28H2,1-4H3. The Morgan fingerprint density at radius 2 is 2.09 bits per heavy atom. The third kappa shape index (κ3) is 4.23. The van der Waals surface area contributed by atoms with Crippen molar-refractivity contribution in [3.8, 4) is 11.8 Å². The molecule has 4 rings (SSSR count). The van der Waals surface area contributed by atoms with Crippen molar-refractivity contribution in [2.45, 2.75) is 46.0 Å². The van der Waals surface area contributed by atoms with Crippen LogP contribution in [0.4, 0.5) is 11.4 Å². The van der Waals surface area contributed by atoms with Gasteiger partial charge in [0.2, 0.25) is 0 Å². The molecule has 2 N–H and O–H groups in total. The van der Waals surface area contributed by atoms with Gasteiger partial charge in [0.15, 0.2) is 5.78 Å². The van der Waals surface area contributed by atoms with Gasteiger partial charge in [0.05, 0.1) is 35.7 Å². The smallest absolute Gasteiger partial charge is 0.296 e. The molecule has 1 aromatic heterocycles. The Labute approximate surface area is 216 Å². The van der Waals surface area contributed by atoms with E-state index in [9.17, 15) is 20.2 Å². The Morgan fingerprint density at radius 1 is 1.37 bits per heavy atom. The van der Waals surface area contributed by atoms with Crippen molar-refractivity contribution in [1.82, 2.24) is 0 Å². The van der Waals surface area contributed by atoms with Crippen LogP contribution in [0.1, 0.15) is 49.3 Å². The number of aryl methyl sites for hydroxylation is 1. The molecule has 0 spiro atoms. The number of Topliss-reactive ketones (excluding diaryl/α,β-unsaturated/α-hetero) is 1. The number of carbonyl (C=O) groups excluding carboxylic acids is 1. The first-order chi connectivity index (χ1) is 16.5. The molecule has 2 heterocycles.